The molecule has 1 fully saturated rings. The fourth-order valence-electron chi connectivity index (χ4n) is 3.25. The van der Waals surface area contributed by atoms with Gasteiger partial charge in [-0.05, 0) is 44.0 Å². The molecule has 0 amide bonds. The van der Waals surface area contributed by atoms with E-state index < -0.39 is 0 Å². The maximum Gasteiger partial charge on any atom is 0.0702 e. The first-order valence-electron chi connectivity index (χ1n) is 7.57. The van der Waals surface area contributed by atoms with Gasteiger partial charge in [0.15, 0.2) is 0 Å². The number of nitrogens with two attached hydrogens (primary N) is 1. The van der Waals surface area contributed by atoms with Gasteiger partial charge in [0, 0.05) is 30.2 Å². The van der Waals surface area contributed by atoms with Crippen LogP contribution < -0.4 is 5.73 Å². The highest BCUT2D eigenvalue weighted by Gasteiger charge is 2.25. The van der Waals surface area contributed by atoms with E-state index >= 15 is 0 Å². The zero-order valence-corrected chi connectivity index (χ0v) is 12.1. The van der Waals surface area contributed by atoms with Crippen LogP contribution in [-0.4, -0.2) is 28.5 Å². The molecule has 3 rings (SSSR count). The number of hydrogen-bond acceptors (Lipinski definition) is 3. The van der Waals surface area contributed by atoms with Crippen LogP contribution in [-0.2, 0) is 6.54 Å². The first kappa shape index (κ1) is 13.5. The second kappa shape index (κ2) is 5.90. The second-order valence-electron chi connectivity index (χ2n) is 5.93. The highest BCUT2D eigenvalue weighted by Crippen LogP contribution is 2.22. The van der Waals surface area contributed by atoms with Crippen LogP contribution in [0.25, 0.3) is 10.9 Å². The van der Waals surface area contributed by atoms with Crippen molar-refractivity contribution in [2.75, 3.05) is 6.54 Å². The highest BCUT2D eigenvalue weighted by molar-refractivity contribution is 5.78. The Morgan fingerprint density at radius 1 is 1.35 bits per heavy atom. The molecule has 1 aromatic heterocycles. The lowest BCUT2D eigenvalue weighted by Crippen LogP contribution is -2.48. The Labute approximate surface area is 120 Å². The summed E-state index contributed by atoms with van der Waals surface area (Å²) in [4.78, 5) is 7.09. The Balaban J connectivity index is 1.80. The van der Waals surface area contributed by atoms with Crippen molar-refractivity contribution in [1.29, 1.82) is 0 Å². The van der Waals surface area contributed by atoms with E-state index in [2.05, 4.69) is 41.1 Å². The van der Waals surface area contributed by atoms with Gasteiger partial charge in [0.1, 0.15) is 0 Å². The van der Waals surface area contributed by atoms with Crippen molar-refractivity contribution in [3.63, 3.8) is 0 Å². The number of pyridine rings is 1. The van der Waals surface area contributed by atoms with E-state index in [1.807, 2.05) is 12.3 Å². The molecule has 1 aliphatic rings. The van der Waals surface area contributed by atoms with Crippen LogP contribution in [0, 0.1) is 0 Å². The Kier molecular flexibility index (Phi) is 3.99. The summed E-state index contributed by atoms with van der Waals surface area (Å²) in [5.41, 5.74) is 8.50. The van der Waals surface area contributed by atoms with Gasteiger partial charge in [0.25, 0.3) is 0 Å². The third kappa shape index (κ3) is 2.84. The first-order chi connectivity index (χ1) is 9.74. The smallest absolute Gasteiger partial charge is 0.0702 e. The van der Waals surface area contributed by atoms with Crippen molar-refractivity contribution in [3.8, 4) is 0 Å². The maximum atomic E-state index is 6.14. The maximum absolute atomic E-state index is 6.14. The van der Waals surface area contributed by atoms with Gasteiger partial charge >= 0.3 is 0 Å². The summed E-state index contributed by atoms with van der Waals surface area (Å²) in [6.07, 6.45) is 5.82. The van der Waals surface area contributed by atoms with E-state index in [0.29, 0.717) is 6.04 Å². The zero-order chi connectivity index (χ0) is 13.9. The van der Waals surface area contributed by atoms with Gasteiger partial charge in [-0.3, -0.25) is 9.88 Å². The fraction of sp³-hybridized carbons (Fsp3) is 0.471. The molecule has 2 unspecified atom stereocenters. The lowest BCUT2D eigenvalue weighted by molar-refractivity contribution is 0.123. The molecule has 1 aliphatic heterocycles. The summed E-state index contributed by atoms with van der Waals surface area (Å²) in [6, 6.07) is 11.3. The predicted octanol–water partition coefficient (Wildman–Crippen LogP) is 2.94. The standard InChI is InChI=1S/C17H23N3/c1-13(18)17-8-4-5-9-20(17)12-14-10-15-6-2-3-7-16(15)19-11-14/h2-3,6-7,10-11,13,17H,4-5,8-9,12,18H2,1H3. The molecule has 3 nitrogen and oxygen atoms in total. The molecular formula is C17H23N3. The average Bonchev–Trinajstić information content (AvgIpc) is 2.47. The molecule has 0 bridgehead atoms. The molecule has 1 aromatic carbocycles. The minimum atomic E-state index is 0.240. The van der Waals surface area contributed by atoms with Gasteiger partial charge in [-0.1, -0.05) is 24.6 Å². The second-order valence-corrected chi connectivity index (χ2v) is 5.93. The molecule has 2 atom stereocenters. The normalized spacial score (nSPS) is 22.0. The summed E-state index contributed by atoms with van der Waals surface area (Å²) in [5.74, 6) is 0. The Morgan fingerprint density at radius 3 is 3.05 bits per heavy atom. The largest absolute Gasteiger partial charge is 0.327 e. The van der Waals surface area contributed by atoms with E-state index in [9.17, 15) is 0 Å². The third-order valence-corrected chi connectivity index (χ3v) is 4.30. The lowest BCUT2D eigenvalue weighted by Gasteiger charge is -2.38. The molecule has 20 heavy (non-hydrogen) atoms. The molecular weight excluding hydrogens is 246 g/mol. The molecule has 2 heterocycles. The van der Waals surface area contributed by atoms with Crippen LogP contribution in [0.5, 0.6) is 0 Å². The predicted molar refractivity (Wildman–Crippen MR) is 83.4 cm³/mol. The first-order valence-corrected chi connectivity index (χ1v) is 7.57. The van der Waals surface area contributed by atoms with E-state index in [1.165, 1.54) is 30.2 Å². The van der Waals surface area contributed by atoms with Crippen molar-refractivity contribution < 1.29 is 0 Å². The van der Waals surface area contributed by atoms with E-state index in [-0.39, 0.29) is 6.04 Å². The fourth-order valence-corrected chi connectivity index (χ4v) is 3.25. The number of rotatable bonds is 3. The third-order valence-electron chi connectivity index (χ3n) is 4.30. The average molecular weight is 269 g/mol. The van der Waals surface area contributed by atoms with Crippen LogP contribution in [0.3, 0.4) is 0 Å². The van der Waals surface area contributed by atoms with Crippen molar-refractivity contribution >= 4 is 10.9 Å². The van der Waals surface area contributed by atoms with Crippen molar-refractivity contribution in [2.45, 2.75) is 44.8 Å². The number of hydrogen-bond donors (Lipinski definition) is 1. The van der Waals surface area contributed by atoms with Crippen molar-refractivity contribution in [1.82, 2.24) is 9.88 Å². The number of para-hydroxylation sites is 1. The molecule has 2 N–H and O–H groups in total. The van der Waals surface area contributed by atoms with Crippen LogP contribution in [0.2, 0.25) is 0 Å². The van der Waals surface area contributed by atoms with Gasteiger partial charge in [-0.15, -0.1) is 0 Å². The van der Waals surface area contributed by atoms with Gasteiger partial charge < -0.3 is 5.73 Å². The molecule has 1 saturated heterocycles. The topological polar surface area (TPSA) is 42.1 Å². The molecule has 0 saturated carbocycles. The summed E-state index contributed by atoms with van der Waals surface area (Å²) in [7, 11) is 0. The van der Waals surface area contributed by atoms with Gasteiger partial charge in [0.05, 0.1) is 5.52 Å². The van der Waals surface area contributed by atoms with Crippen LogP contribution >= 0.6 is 0 Å². The number of fused-ring (bicyclic) bond motifs is 1. The van der Waals surface area contributed by atoms with Crippen LogP contribution in [0.4, 0.5) is 0 Å². The number of benzene rings is 1. The molecule has 2 aromatic rings. The van der Waals surface area contributed by atoms with E-state index in [0.717, 1.165) is 18.6 Å². The summed E-state index contributed by atoms with van der Waals surface area (Å²) >= 11 is 0. The van der Waals surface area contributed by atoms with Crippen LogP contribution in [0.15, 0.2) is 36.5 Å². The molecule has 0 spiro atoms. The minimum Gasteiger partial charge on any atom is -0.327 e. The van der Waals surface area contributed by atoms with Gasteiger partial charge in [-0.2, -0.15) is 0 Å². The monoisotopic (exact) mass is 269 g/mol. The van der Waals surface area contributed by atoms with Gasteiger partial charge in [0.2, 0.25) is 0 Å². The number of likely N-dealkylation sites (tertiary alicyclic amines) is 1. The number of nitrogens with zero attached hydrogens (tertiary/aromatic N) is 2. The van der Waals surface area contributed by atoms with Gasteiger partial charge in [-0.25, -0.2) is 0 Å². The summed E-state index contributed by atoms with van der Waals surface area (Å²) in [5, 5.41) is 1.22. The molecule has 106 valence electrons. The van der Waals surface area contributed by atoms with Crippen molar-refractivity contribution in [2.24, 2.45) is 5.73 Å². The Morgan fingerprint density at radius 2 is 2.20 bits per heavy atom. The van der Waals surface area contributed by atoms with E-state index in [4.69, 9.17) is 5.73 Å². The Bertz CT molecular complexity index is 579. The summed E-state index contributed by atoms with van der Waals surface area (Å²) < 4.78 is 0. The molecule has 0 aliphatic carbocycles. The minimum absolute atomic E-state index is 0.240. The summed E-state index contributed by atoms with van der Waals surface area (Å²) in [6.45, 7) is 4.24. The lowest BCUT2D eigenvalue weighted by atomic mass is 9.96. The van der Waals surface area contributed by atoms with Crippen molar-refractivity contribution in [3.05, 3.63) is 42.1 Å². The highest BCUT2D eigenvalue weighted by atomic mass is 15.2. The van der Waals surface area contributed by atoms with Crippen LogP contribution in [0.1, 0.15) is 31.7 Å². The molecule has 0 radical (unpaired) electrons. The quantitative estimate of drug-likeness (QED) is 0.931. The van der Waals surface area contributed by atoms with E-state index in [1.54, 1.807) is 0 Å². The molecule has 3 heteroatoms. The zero-order valence-electron chi connectivity index (χ0n) is 12.1. The number of aromatic nitrogens is 1. The number of piperidine rings is 1. The SMILES string of the molecule is CC(N)C1CCCCN1Cc1cnc2ccccc2c1. The Hall–Kier alpha value is -1.45.